The molecule has 2 aliphatic rings. The predicted molar refractivity (Wildman–Crippen MR) is 145 cm³/mol. The molecule has 1 unspecified atom stereocenters. The number of halogens is 4. The van der Waals surface area contributed by atoms with Crippen molar-refractivity contribution in [2.24, 2.45) is 0 Å². The molecule has 1 saturated heterocycles. The summed E-state index contributed by atoms with van der Waals surface area (Å²) in [5.41, 5.74) is 1.69. The lowest BCUT2D eigenvalue weighted by Gasteiger charge is -2.17. The maximum atomic E-state index is 13.7. The van der Waals surface area contributed by atoms with Gasteiger partial charge in [0.15, 0.2) is 5.82 Å². The first kappa shape index (κ1) is 28.1. The van der Waals surface area contributed by atoms with Crippen LogP contribution < -0.4 is 16.2 Å². The fourth-order valence-electron chi connectivity index (χ4n) is 4.96. The minimum Gasteiger partial charge on any atom is -0.377 e. The number of carbonyl (C=O) groups excluding carboxylic acids is 1. The maximum Gasteiger partial charge on any atom is 0.416 e. The van der Waals surface area contributed by atoms with E-state index in [9.17, 15) is 22.8 Å². The van der Waals surface area contributed by atoms with Crippen molar-refractivity contribution in [3.63, 3.8) is 0 Å². The van der Waals surface area contributed by atoms with Crippen LogP contribution in [0.25, 0.3) is 17.4 Å². The highest BCUT2D eigenvalue weighted by molar-refractivity contribution is 6.33. The minimum absolute atomic E-state index is 0.0395. The van der Waals surface area contributed by atoms with E-state index >= 15 is 0 Å². The highest BCUT2D eigenvalue weighted by Crippen LogP contribution is 2.34. The summed E-state index contributed by atoms with van der Waals surface area (Å²) in [6.45, 7) is 5.23. The Bertz CT molecular complexity index is 1590. The first-order chi connectivity index (χ1) is 19.0. The van der Waals surface area contributed by atoms with E-state index < -0.39 is 17.6 Å². The molecule has 1 aromatic carbocycles. The van der Waals surface area contributed by atoms with Crippen LogP contribution in [0.5, 0.6) is 0 Å². The normalized spacial score (nSPS) is 18.9. The number of hydrogen-bond acceptors (Lipinski definition) is 6. The van der Waals surface area contributed by atoms with Crippen molar-refractivity contribution in [2.75, 3.05) is 25.1 Å². The first-order valence-electron chi connectivity index (χ1n) is 12.9. The number of anilines is 1. The van der Waals surface area contributed by atoms with Crippen LogP contribution in [0, 0.1) is 0 Å². The molecule has 13 heteroatoms. The topological polar surface area (TPSA) is 103 Å². The number of rotatable bonds is 6. The third-order valence-corrected chi connectivity index (χ3v) is 7.26. The molecule has 0 bridgehead atoms. The average Bonchev–Trinajstić information content (AvgIpc) is 3.54. The van der Waals surface area contributed by atoms with Crippen LogP contribution in [0.15, 0.2) is 34.6 Å². The van der Waals surface area contributed by atoms with Gasteiger partial charge in [-0.1, -0.05) is 30.2 Å². The Labute approximate surface area is 232 Å². The molecule has 5 rings (SSSR count). The monoisotopic (exact) mass is 576 g/mol. The van der Waals surface area contributed by atoms with Gasteiger partial charge in [-0.3, -0.25) is 9.59 Å². The van der Waals surface area contributed by atoms with Crippen LogP contribution in [0.3, 0.4) is 0 Å². The quantitative estimate of drug-likeness (QED) is 0.453. The third kappa shape index (κ3) is 5.70. The van der Waals surface area contributed by atoms with Crippen molar-refractivity contribution in [1.29, 1.82) is 0 Å². The van der Waals surface area contributed by atoms with Gasteiger partial charge in [0.1, 0.15) is 6.54 Å². The minimum atomic E-state index is -4.56. The number of benzene rings is 1. The van der Waals surface area contributed by atoms with E-state index in [-0.39, 0.29) is 34.6 Å². The second-order valence-electron chi connectivity index (χ2n) is 9.84. The molecule has 2 aromatic heterocycles. The maximum absolute atomic E-state index is 13.7. The second-order valence-corrected chi connectivity index (χ2v) is 10.2. The molecular weight excluding hydrogens is 549 g/mol. The number of carbonyl (C=O) groups is 1. The zero-order valence-electron chi connectivity index (χ0n) is 21.9. The van der Waals surface area contributed by atoms with Crippen molar-refractivity contribution < 1.29 is 22.7 Å². The molecule has 0 radical (unpaired) electrons. The van der Waals surface area contributed by atoms with Gasteiger partial charge in [0.2, 0.25) is 11.7 Å². The first-order valence-corrected chi connectivity index (χ1v) is 13.3. The molecule has 3 aromatic rings. The van der Waals surface area contributed by atoms with E-state index in [0.717, 1.165) is 35.8 Å². The largest absolute Gasteiger partial charge is 0.416 e. The fraction of sp³-hybridized carbons (Fsp3) is 0.407. The van der Waals surface area contributed by atoms with Crippen molar-refractivity contribution >= 4 is 40.6 Å². The lowest BCUT2D eigenvalue weighted by Crippen LogP contribution is -2.29. The Morgan fingerprint density at radius 1 is 1.35 bits per heavy atom. The molecule has 0 aliphatic carbocycles. The Hall–Kier alpha value is -3.48. The molecule has 2 N–H and O–H groups in total. The van der Waals surface area contributed by atoms with Crippen LogP contribution in [-0.2, 0) is 28.7 Å². The molecule has 212 valence electrons. The van der Waals surface area contributed by atoms with Gasteiger partial charge < -0.3 is 19.9 Å². The standard InChI is InChI=1S/C27H28ClF3N6O3/c1-3-22-19(11-16-10-15(2)32-13-16)25(39)37-26(34-24(35-37)17-6-8-40-9-7-17)36(22)14-23(38)33-21-5-4-18(12-20(21)28)27(29,30)31/h4-6,11-12,15,32H,3,7-10,13-14H2,1-2H3,(H,33,38). The summed E-state index contributed by atoms with van der Waals surface area (Å²) in [4.78, 5) is 31.5. The Kier molecular flexibility index (Phi) is 7.85. The predicted octanol–water partition coefficient (Wildman–Crippen LogP) is 4.33. The highest BCUT2D eigenvalue weighted by atomic mass is 35.5. The molecule has 0 saturated carbocycles. The number of aromatic nitrogens is 4. The summed E-state index contributed by atoms with van der Waals surface area (Å²) < 4.78 is 47.4. The molecular formula is C27H28ClF3N6O3. The van der Waals surface area contributed by atoms with E-state index in [4.69, 9.17) is 16.3 Å². The highest BCUT2D eigenvalue weighted by Gasteiger charge is 2.31. The third-order valence-electron chi connectivity index (χ3n) is 6.94. The zero-order valence-corrected chi connectivity index (χ0v) is 22.7. The number of alkyl halides is 3. The average molecular weight is 577 g/mol. The number of nitrogens with one attached hydrogen (secondary N) is 2. The van der Waals surface area contributed by atoms with Crippen LogP contribution in [0.2, 0.25) is 5.02 Å². The van der Waals surface area contributed by atoms with E-state index in [0.29, 0.717) is 49.7 Å². The van der Waals surface area contributed by atoms with Crippen LogP contribution in [0.4, 0.5) is 18.9 Å². The Morgan fingerprint density at radius 3 is 2.77 bits per heavy atom. The van der Waals surface area contributed by atoms with E-state index in [2.05, 4.69) is 27.6 Å². The lowest BCUT2D eigenvalue weighted by atomic mass is 10.1. The van der Waals surface area contributed by atoms with Crippen molar-refractivity contribution in [1.82, 2.24) is 24.5 Å². The van der Waals surface area contributed by atoms with Crippen LogP contribution in [0.1, 0.15) is 49.3 Å². The van der Waals surface area contributed by atoms with E-state index in [1.165, 1.54) is 4.52 Å². The molecule has 1 fully saturated rings. The Morgan fingerprint density at radius 2 is 2.15 bits per heavy atom. The summed E-state index contributed by atoms with van der Waals surface area (Å²) in [7, 11) is 0. The van der Waals surface area contributed by atoms with Crippen molar-refractivity contribution in [3.8, 4) is 0 Å². The molecule has 40 heavy (non-hydrogen) atoms. The lowest BCUT2D eigenvalue weighted by molar-refractivity contribution is -0.137. The van der Waals surface area contributed by atoms with Gasteiger partial charge in [0.05, 0.1) is 35.1 Å². The van der Waals surface area contributed by atoms with Gasteiger partial charge in [-0.15, -0.1) is 5.10 Å². The molecule has 0 spiro atoms. The van der Waals surface area contributed by atoms with E-state index in [1.807, 2.05) is 19.1 Å². The van der Waals surface area contributed by atoms with Gasteiger partial charge in [-0.05, 0) is 56.0 Å². The van der Waals surface area contributed by atoms with Crippen molar-refractivity contribution in [3.05, 3.63) is 67.9 Å². The smallest absolute Gasteiger partial charge is 0.377 e. The molecule has 2 aliphatic heterocycles. The zero-order chi connectivity index (χ0) is 28.6. The fourth-order valence-corrected chi connectivity index (χ4v) is 5.19. The second kappa shape index (κ2) is 11.2. The van der Waals surface area contributed by atoms with E-state index in [1.54, 1.807) is 4.57 Å². The summed E-state index contributed by atoms with van der Waals surface area (Å²) in [6, 6.07) is 3.01. The molecule has 4 heterocycles. The number of ether oxygens (including phenoxy) is 1. The van der Waals surface area contributed by atoms with Crippen LogP contribution in [-0.4, -0.2) is 50.9 Å². The number of nitrogens with zero attached hydrogens (tertiary/aromatic N) is 4. The summed E-state index contributed by atoms with van der Waals surface area (Å²) in [6.07, 6.45) is 0.935. The van der Waals surface area contributed by atoms with Gasteiger partial charge in [0.25, 0.3) is 5.56 Å². The van der Waals surface area contributed by atoms with Gasteiger partial charge >= 0.3 is 6.18 Å². The number of fused-ring (bicyclic) bond motifs is 1. The number of amides is 1. The summed E-state index contributed by atoms with van der Waals surface area (Å²) in [5, 5.41) is 10.2. The van der Waals surface area contributed by atoms with Gasteiger partial charge in [-0.2, -0.15) is 22.7 Å². The van der Waals surface area contributed by atoms with Gasteiger partial charge in [-0.25, -0.2) is 0 Å². The summed E-state index contributed by atoms with van der Waals surface area (Å²) >= 11 is 6.06. The van der Waals surface area contributed by atoms with Crippen LogP contribution >= 0.6 is 11.6 Å². The number of hydrogen-bond donors (Lipinski definition) is 2. The van der Waals surface area contributed by atoms with Gasteiger partial charge in [0, 0.05) is 18.3 Å². The molecule has 1 atom stereocenters. The Balaban J connectivity index is 1.57. The SMILES string of the molecule is CCc1c(C=C2CNC(C)C2)c(=O)n2nc(C3=CCOCC3)nc2n1CC(=O)Nc1ccc(C(F)(F)F)cc1Cl. The molecule has 1 amide bonds. The summed E-state index contributed by atoms with van der Waals surface area (Å²) in [5.74, 6) is 0.0211. The van der Waals surface area contributed by atoms with Crippen molar-refractivity contribution in [2.45, 2.75) is 51.9 Å². The molecule has 9 nitrogen and oxygen atoms in total.